The van der Waals surface area contributed by atoms with Gasteiger partial charge < -0.3 is 14.6 Å². The SMILES string of the molecule is O=CC1CC(c2cccc(F)c2)Oc2ccc(O)cc21. The van der Waals surface area contributed by atoms with Crippen molar-refractivity contribution in [1.29, 1.82) is 0 Å². The number of hydrogen-bond donors (Lipinski definition) is 1. The summed E-state index contributed by atoms with van der Waals surface area (Å²) >= 11 is 0. The lowest BCUT2D eigenvalue weighted by molar-refractivity contribution is -0.110. The van der Waals surface area contributed by atoms with Gasteiger partial charge in [-0.1, -0.05) is 12.1 Å². The number of hydrogen-bond acceptors (Lipinski definition) is 3. The molecule has 0 amide bonds. The fourth-order valence-electron chi connectivity index (χ4n) is 2.53. The zero-order chi connectivity index (χ0) is 14.1. The lowest BCUT2D eigenvalue weighted by atomic mass is 9.88. The van der Waals surface area contributed by atoms with Gasteiger partial charge >= 0.3 is 0 Å². The van der Waals surface area contributed by atoms with Gasteiger partial charge in [0.1, 0.15) is 29.7 Å². The highest BCUT2D eigenvalue weighted by Gasteiger charge is 2.29. The third kappa shape index (κ3) is 2.25. The number of phenols is 1. The van der Waals surface area contributed by atoms with Gasteiger partial charge in [0.2, 0.25) is 0 Å². The summed E-state index contributed by atoms with van der Waals surface area (Å²) in [6.07, 6.45) is 0.911. The van der Waals surface area contributed by atoms with E-state index in [1.54, 1.807) is 18.2 Å². The summed E-state index contributed by atoms with van der Waals surface area (Å²) in [5, 5.41) is 9.50. The highest BCUT2D eigenvalue weighted by atomic mass is 19.1. The van der Waals surface area contributed by atoms with Gasteiger partial charge in [0, 0.05) is 17.9 Å². The Balaban J connectivity index is 1.99. The second-order valence-corrected chi connectivity index (χ2v) is 4.86. The van der Waals surface area contributed by atoms with Crippen molar-refractivity contribution in [2.45, 2.75) is 18.4 Å². The molecule has 102 valence electrons. The van der Waals surface area contributed by atoms with Crippen molar-refractivity contribution < 1.29 is 19.0 Å². The molecular formula is C16H13FO3. The molecule has 0 saturated carbocycles. The number of ether oxygens (including phenoxy) is 1. The predicted molar refractivity (Wildman–Crippen MR) is 71.3 cm³/mol. The number of rotatable bonds is 2. The molecule has 0 saturated heterocycles. The van der Waals surface area contributed by atoms with E-state index in [0.29, 0.717) is 23.3 Å². The maximum absolute atomic E-state index is 13.3. The molecule has 2 unspecified atom stereocenters. The van der Waals surface area contributed by atoms with Crippen LogP contribution in [-0.4, -0.2) is 11.4 Å². The molecule has 0 aromatic heterocycles. The van der Waals surface area contributed by atoms with Gasteiger partial charge in [0.05, 0.1) is 0 Å². The highest BCUT2D eigenvalue weighted by Crippen LogP contribution is 2.42. The molecule has 2 aromatic carbocycles. The second-order valence-electron chi connectivity index (χ2n) is 4.86. The van der Waals surface area contributed by atoms with Crippen molar-refractivity contribution in [3.05, 3.63) is 59.4 Å². The minimum atomic E-state index is -0.363. The van der Waals surface area contributed by atoms with E-state index in [-0.39, 0.29) is 23.6 Å². The van der Waals surface area contributed by atoms with Crippen LogP contribution in [-0.2, 0) is 4.79 Å². The minimum absolute atomic E-state index is 0.100. The van der Waals surface area contributed by atoms with E-state index in [4.69, 9.17) is 4.74 Å². The van der Waals surface area contributed by atoms with Crippen molar-refractivity contribution in [2.24, 2.45) is 0 Å². The Kier molecular flexibility index (Phi) is 3.14. The van der Waals surface area contributed by atoms with Crippen molar-refractivity contribution in [1.82, 2.24) is 0 Å². The van der Waals surface area contributed by atoms with Crippen molar-refractivity contribution >= 4 is 6.29 Å². The Hall–Kier alpha value is -2.36. The number of phenolic OH excluding ortho intramolecular Hbond substituents is 1. The summed E-state index contributed by atoms with van der Waals surface area (Å²) in [6.45, 7) is 0. The van der Waals surface area contributed by atoms with E-state index in [1.165, 1.54) is 24.3 Å². The van der Waals surface area contributed by atoms with Crippen LogP contribution in [0, 0.1) is 5.82 Å². The van der Waals surface area contributed by atoms with Crippen LogP contribution in [0.15, 0.2) is 42.5 Å². The van der Waals surface area contributed by atoms with Gasteiger partial charge in [-0.2, -0.15) is 0 Å². The van der Waals surface area contributed by atoms with Crippen LogP contribution in [0.2, 0.25) is 0 Å². The molecule has 0 radical (unpaired) electrons. The quantitative estimate of drug-likeness (QED) is 0.853. The average molecular weight is 272 g/mol. The fraction of sp³-hybridized carbons (Fsp3) is 0.188. The zero-order valence-electron chi connectivity index (χ0n) is 10.6. The Morgan fingerprint density at radius 3 is 2.85 bits per heavy atom. The molecule has 0 aliphatic carbocycles. The molecule has 1 aliphatic rings. The first-order valence-corrected chi connectivity index (χ1v) is 6.37. The molecule has 0 bridgehead atoms. The van der Waals surface area contributed by atoms with Gasteiger partial charge in [-0.25, -0.2) is 4.39 Å². The average Bonchev–Trinajstić information content (AvgIpc) is 2.46. The molecule has 0 spiro atoms. The van der Waals surface area contributed by atoms with Crippen LogP contribution < -0.4 is 4.74 Å². The normalized spacial score (nSPS) is 20.9. The fourth-order valence-corrected chi connectivity index (χ4v) is 2.53. The lowest BCUT2D eigenvalue weighted by Gasteiger charge is -2.30. The zero-order valence-corrected chi connectivity index (χ0v) is 10.6. The first kappa shape index (κ1) is 12.7. The monoisotopic (exact) mass is 272 g/mol. The van der Waals surface area contributed by atoms with E-state index < -0.39 is 0 Å². The molecule has 20 heavy (non-hydrogen) atoms. The third-order valence-electron chi connectivity index (χ3n) is 3.51. The van der Waals surface area contributed by atoms with Crippen LogP contribution in [0.4, 0.5) is 4.39 Å². The smallest absolute Gasteiger partial charge is 0.127 e. The van der Waals surface area contributed by atoms with E-state index in [2.05, 4.69) is 0 Å². The second kappa shape index (κ2) is 4.96. The maximum Gasteiger partial charge on any atom is 0.127 e. The largest absolute Gasteiger partial charge is 0.508 e. The first-order chi connectivity index (χ1) is 9.67. The number of carbonyl (C=O) groups is 1. The summed E-state index contributed by atoms with van der Waals surface area (Å²) in [6, 6.07) is 10.9. The maximum atomic E-state index is 13.3. The third-order valence-corrected chi connectivity index (χ3v) is 3.51. The molecule has 0 fully saturated rings. The molecule has 1 N–H and O–H groups in total. The molecule has 1 aliphatic heterocycles. The van der Waals surface area contributed by atoms with Gasteiger partial charge in [-0.15, -0.1) is 0 Å². The Morgan fingerprint density at radius 2 is 2.10 bits per heavy atom. The van der Waals surface area contributed by atoms with Crippen LogP contribution in [0.25, 0.3) is 0 Å². The number of aldehydes is 1. The summed E-state index contributed by atoms with van der Waals surface area (Å²) in [4.78, 5) is 11.3. The minimum Gasteiger partial charge on any atom is -0.508 e. The summed E-state index contributed by atoms with van der Waals surface area (Å²) in [7, 11) is 0. The standard InChI is InChI=1S/C16H13FO3/c17-12-3-1-2-10(6-12)16-7-11(9-18)14-8-13(19)4-5-15(14)20-16/h1-6,8-9,11,16,19H,7H2. The Labute approximate surface area is 115 Å². The van der Waals surface area contributed by atoms with Gasteiger partial charge in [-0.05, 0) is 35.9 Å². The number of halogens is 1. The lowest BCUT2D eigenvalue weighted by Crippen LogP contribution is -2.20. The first-order valence-electron chi connectivity index (χ1n) is 6.37. The summed E-state index contributed by atoms with van der Waals surface area (Å²) < 4.78 is 19.1. The molecule has 4 heteroatoms. The highest BCUT2D eigenvalue weighted by molar-refractivity contribution is 5.66. The van der Waals surface area contributed by atoms with Gasteiger partial charge in [-0.3, -0.25) is 0 Å². The number of fused-ring (bicyclic) bond motifs is 1. The van der Waals surface area contributed by atoms with Crippen LogP contribution in [0.1, 0.15) is 29.6 Å². The molecular weight excluding hydrogens is 259 g/mol. The molecule has 1 heterocycles. The van der Waals surface area contributed by atoms with Crippen LogP contribution in [0.3, 0.4) is 0 Å². The molecule has 2 aromatic rings. The number of carbonyl (C=O) groups excluding carboxylic acids is 1. The van der Waals surface area contributed by atoms with Gasteiger partial charge in [0.15, 0.2) is 0 Å². The van der Waals surface area contributed by atoms with Gasteiger partial charge in [0.25, 0.3) is 0 Å². The van der Waals surface area contributed by atoms with Crippen molar-refractivity contribution in [3.8, 4) is 11.5 Å². The molecule has 3 rings (SSSR count). The van der Waals surface area contributed by atoms with E-state index in [0.717, 1.165) is 6.29 Å². The summed E-state index contributed by atoms with van der Waals surface area (Å²) in [5.74, 6) is -0.0341. The Morgan fingerprint density at radius 1 is 1.25 bits per heavy atom. The topological polar surface area (TPSA) is 46.5 Å². The number of aromatic hydroxyl groups is 1. The van der Waals surface area contributed by atoms with E-state index in [1.807, 2.05) is 0 Å². The Bertz CT molecular complexity index is 654. The van der Waals surface area contributed by atoms with E-state index in [9.17, 15) is 14.3 Å². The summed E-state index contributed by atoms with van der Waals surface area (Å²) in [5.41, 5.74) is 1.38. The molecule has 2 atom stereocenters. The number of benzene rings is 2. The predicted octanol–water partition coefficient (Wildman–Crippen LogP) is 3.34. The van der Waals surface area contributed by atoms with Crippen molar-refractivity contribution in [2.75, 3.05) is 0 Å². The molecule has 3 nitrogen and oxygen atoms in total. The van der Waals surface area contributed by atoms with Crippen LogP contribution in [0.5, 0.6) is 11.5 Å². The van der Waals surface area contributed by atoms with E-state index >= 15 is 0 Å². The van der Waals surface area contributed by atoms with Crippen molar-refractivity contribution in [3.63, 3.8) is 0 Å². The van der Waals surface area contributed by atoms with Crippen LogP contribution >= 0.6 is 0 Å².